The van der Waals surface area contributed by atoms with Crippen molar-refractivity contribution in [3.63, 3.8) is 0 Å². The first kappa shape index (κ1) is 26.6. The van der Waals surface area contributed by atoms with Crippen molar-refractivity contribution in [1.82, 2.24) is 0 Å². The molecule has 7 heteroatoms. The van der Waals surface area contributed by atoms with Gasteiger partial charge in [-0.3, -0.25) is 4.79 Å². The van der Waals surface area contributed by atoms with Crippen molar-refractivity contribution >= 4 is 11.8 Å². The number of carboxylic acid groups (broad SMARTS) is 1. The van der Waals surface area contributed by atoms with Gasteiger partial charge in [0.25, 0.3) is 0 Å². The minimum absolute atomic E-state index is 0.0866. The van der Waals surface area contributed by atoms with Gasteiger partial charge < -0.3 is 24.4 Å². The lowest BCUT2D eigenvalue weighted by Crippen LogP contribution is -2.08. The Hall–Kier alpha value is -4.00. The molecule has 0 aromatic heterocycles. The lowest BCUT2D eigenvalue weighted by molar-refractivity contribution is 0.0694. The van der Waals surface area contributed by atoms with E-state index in [1.165, 1.54) is 19.1 Å². The van der Waals surface area contributed by atoms with Crippen LogP contribution in [0, 0.1) is 0 Å². The highest BCUT2D eigenvalue weighted by Gasteiger charge is 2.16. The van der Waals surface area contributed by atoms with Gasteiger partial charge in [0.1, 0.15) is 34.3 Å². The van der Waals surface area contributed by atoms with Gasteiger partial charge in [0.2, 0.25) is 0 Å². The van der Waals surface area contributed by atoms with E-state index in [0.29, 0.717) is 55.3 Å². The normalized spacial score (nSPS) is 10.6. The Morgan fingerprint density at radius 1 is 0.833 bits per heavy atom. The van der Waals surface area contributed by atoms with Gasteiger partial charge in [-0.15, -0.1) is 0 Å². The zero-order chi connectivity index (χ0) is 26.1. The van der Waals surface area contributed by atoms with Crippen LogP contribution in [0.1, 0.15) is 65.5 Å². The van der Waals surface area contributed by atoms with Gasteiger partial charge in [0, 0.05) is 18.1 Å². The topological polar surface area (TPSA) is 102 Å². The molecular weight excluding hydrogens is 460 g/mol. The number of phenols is 1. The number of carboxylic acids is 1. The van der Waals surface area contributed by atoms with Gasteiger partial charge in [-0.1, -0.05) is 38.5 Å². The molecule has 0 aliphatic carbocycles. The maximum absolute atomic E-state index is 11.7. The van der Waals surface area contributed by atoms with Gasteiger partial charge in [-0.25, -0.2) is 4.79 Å². The second-order valence-electron chi connectivity index (χ2n) is 8.32. The van der Waals surface area contributed by atoms with E-state index in [4.69, 9.17) is 14.2 Å². The number of Topliss-reactive ketones (excluding diaryl/α,β-unsaturated/α-hetero) is 1. The van der Waals surface area contributed by atoms with Crippen LogP contribution in [0.15, 0.2) is 54.6 Å². The highest BCUT2D eigenvalue weighted by atomic mass is 16.5. The Morgan fingerprint density at radius 3 is 2.17 bits per heavy atom. The van der Waals surface area contributed by atoms with Crippen molar-refractivity contribution < 1.29 is 34.0 Å². The number of aromatic carboxylic acids is 1. The van der Waals surface area contributed by atoms with E-state index >= 15 is 0 Å². The number of hydrogen-bond donors (Lipinski definition) is 2. The van der Waals surface area contributed by atoms with Crippen LogP contribution in [0.4, 0.5) is 0 Å². The fourth-order valence-corrected chi connectivity index (χ4v) is 3.85. The third-order valence-corrected chi connectivity index (χ3v) is 5.67. The summed E-state index contributed by atoms with van der Waals surface area (Å²) in [6, 6.07) is 15.2. The largest absolute Gasteiger partial charge is 0.507 e. The smallest absolute Gasteiger partial charge is 0.339 e. The van der Waals surface area contributed by atoms with Crippen LogP contribution in [0.5, 0.6) is 28.7 Å². The number of benzene rings is 3. The molecule has 0 unspecified atom stereocenters. The molecule has 0 heterocycles. The number of phenolic OH excluding ortho intramolecular Hbond substituents is 1. The van der Waals surface area contributed by atoms with E-state index in [1.54, 1.807) is 24.3 Å². The minimum atomic E-state index is -1.05. The molecule has 0 radical (unpaired) electrons. The number of hydrogen-bond acceptors (Lipinski definition) is 6. The summed E-state index contributed by atoms with van der Waals surface area (Å²) in [4.78, 5) is 23.2. The minimum Gasteiger partial charge on any atom is -0.507 e. The number of carbonyl (C=O) groups excluding carboxylic acids is 1. The Kier molecular flexibility index (Phi) is 9.33. The second kappa shape index (κ2) is 12.6. The summed E-state index contributed by atoms with van der Waals surface area (Å²) in [5, 5.41) is 19.6. The zero-order valence-electron chi connectivity index (χ0n) is 20.9. The highest BCUT2D eigenvalue weighted by Crippen LogP contribution is 2.35. The Morgan fingerprint density at radius 2 is 1.50 bits per heavy atom. The van der Waals surface area contributed by atoms with Crippen LogP contribution in [-0.4, -0.2) is 35.2 Å². The van der Waals surface area contributed by atoms with Gasteiger partial charge in [0.15, 0.2) is 5.78 Å². The molecule has 2 N–H and O–H groups in total. The maximum Gasteiger partial charge on any atom is 0.339 e. The highest BCUT2D eigenvalue weighted by molar-refractivity contribution is 5.97. The SMILES string of the molecule is CCCc1c(OCCCOc2cc(O)c(C(C)=O)cc2CC)cccc1Oc1ccccc1C(=O)O. The first-order valence-corrected chi connectivity index (χ1v) is 12.1. The van der Waals surface area contributed by atoms with Crippen LogP contribution in [0.2, 0.25) is 0 Å². The van der Waals surface area contributed by atoms with E-state index < -0.39 is 5.97 Å². The summed E-state index contributed by atoms with van der Waals surface area (Å²) in [5.41, 5.74) is 2.12. The summed E-state index contributed by atoms with van der Waals surface area (Å²) in [5.74, 6) is 0.746. The average molecular weight is 493 g/mol. The molecule has 0 bridgehead atoms. The standard InChI is InChI=1S/C29H32O7/c1-4-10-21-25(13-8-14-26(21)36-27-12-7-6-11-22(27)29(32)33)34-15-9-16-35-28-18-24(31)23(19(3)30)17-20(28)5-2/h6-8,11-14,17-18,31H,4-5,9-10,15-16H2,1-3H3,(H,32,33). The molecule has 0 aliphatic rings. The molecule has 36 heavy (non-hydrogen) atoms. The first-order valence-electron chi connectivity index (χ1n) is 12.1. The molecule has 0 saturated carbocycles. The quantitative estimate of drug-likeness (QED) is 0.209. The monoisotopic (exact) mass is 492 g/mol. The Labute approximate surface area is 211 Å². The number of aryl methyl sites for hydroxylation is 1. The summed E-state index contributed by atoms with van der Waals surface area (Å²) in [7, 11) is 0. The van der Waals surface area contributed by atoms with Crippen molar-refractivity contribution in [2.45, 2.75) is 46.5 Å². The number of aromatic hydroxyl groups is 1. The molecular formula is C29H32O7. The molecule has 0 atom stereocenters. The maximum atomic E-state index is 11.7. The summed E-state index contributed by atoms with van der Waals surface area (Å²) >= 11 is 0. The van der Waals surface area contributed by atoms with E-state index in [0.717, 1.165) is 17.5 Å². The van der Waals surface area contributed by atoms with Gasteiger partial charge >= 0.3 is 5.97 Å². The van der Waals surface area contributed by atoms with Crippen molar-refractivity contribution in [2.24, 2.45) is 0 Å². The molecule has 0 fully saturated rings. The van der Waals surface area contributed by atoms with Gasteiger partial charge in [-0.2, -0.15) is 0 Å². The Bertz CT molecular complexity index is 1220. The van der Waals surface area contributed by atoms with Crippen LogP contribution in [-0.2, 0) is 12.8 Å². The summed E-state index contributed by atoms with van der Waals surface area (Å²) < 4.78 is 17.9. The molecule has 0 saturated heterocycles. The average Bonchev–Trinajstić information content (AvgIpc) is 2.85. The third-order valence-electron chi connectivity index (χ3n) is 5.67. The van der Waals surface area contributed by atoms with Crippen molar-refractivity contribution in [1.29, 1.82) is 0 Å². The fraction of sp³-hybridized carbons (Fsp3) is 0.310. The summed E-state index contributed by atoms with van der Waals surface area (Å²) in [6.45, 7) is 6.20. The number of ketones is 1. The van der Waals surface area contributed by atoms with Crippen LogP contribution >= 0.6 is 0 Å². The van der Waals surface area contributed by atoms with Gasteiger partial charge in [-0.05, 0) is 55.7 Å². The van der Waals surface area contributed by atoms with Crippen molar-refractivity contribution in [3.8, 4) is 28.7 Å². The molecule has 3 aromatic rings. The molecule has 0 amide bonds. The van der Waals surface area contributed by atoms with Crippen LogP contribution in [0.3, 0.4) is 0 Å². The predicted octanol–water partition coefficient (Wildman–Crippen LogP) is 6.45. The van der Waals surface area contributed by atoms with E-state index in [-0.39, 0.29) is 22.8 Å². The van der Waals surface area contributed by atoms with Crippen molar-refractivity contribution in [2.75, 3.05) is 13.2 Å². The number of rotatable bonds is 13. The van der Waals surface area contributed by atoms with Crippen molar-refractivity contribution in [3.05, 3.63) is 76.9 Å². The van der Waals surface area contributed by atoms with Gasteiger partial charge in [0.05, 0.1) is 18.8 Å². The first-order chi connectivity index (χ1) is 17.3. The molecule has 0 aliphatic heterocycles. The predicted molar refractivity (Wildman–Crippen MR) is 137 cm³/mol. The summed E-state index contributed by atoms with van der Waals surface area (Å²) in [6.07, 6.45) is 2.83. The molecule has 7 nitrogen and oxygen atoms in total. The third kappa shape index (κ3) is 6.56. The second-order valence-corrected chi connectivity index (χ2v) is 8.32. The molecule has 190 valence electrons. The molecule has 0 spiro atoms. The zero-order valence-corrected chi connectivity index (χ0v) is 20.9. The van der Waals surface area contributed by atoms with E-state index in [9.17, 15) is 19.8 Å². The fourth-order valence-electron chi connectivity index (χ4n) is 3.85. The van der Waals surface area contributed by atoms with E-state index in [1.807, 2.05) is 25.1 Å². The number of ether oxygens (including phenoxy) is 3. The van der Waals surface area contributed by atoms with Crippen LogP contribution in [0.25, 0.3) is 0 Å². The molecule has 3 rings (SSSR count). The van der Waals surface area contributed by atoms with Crippen LogP contribution < -0.4 is 14.2 Å². The Balaban J connectivity index is 1.66. The lowest BCUT2D eigenvalue weighted by Gasteiger charge is -2.17. The molecule has 3 aromatic carbocycles. The lowest BCUT2D eigenvalue weighted by atomic mass is 10.0. The number of para-hydroxylation sites is 1. The van der Waals surface area contributed by atoms with E-state index in [2.05, 4.69) is 6.92 Å². The number of carbonyl (C=O) groups is 2.